The fourth-order valence-corrected chi connectivity index (χ4v) is 1.34. The number of nitrogens with one attached hydrogen (secondary N) is 1. The molecule has 0 unspecified atom stereocenters. The van der Waals surface area contributed by atoms with E-state index in [0.29, 0.717) is 12.4 Å². The van der Waals surface area contributed by atoms with E-state index in [1.165, 1.54) is 0 Å². The van der Waals surface area contributed by atoms with E-state index in [-0.39, 0.29) is 6.61 Å². The molecule has 1 fully saturated rings. The third-order valence-electron chi connectivity index (χ3n) is 1.99. The van der Waals surface area contributed by atoms with Crippen molar-refractivity contribution in [2.75, 3.05) is 26.3 Å². The summed E-state index contributed by atoms with van der Waals surface area (Å²) in [5, 5.41) is 7.41. The number of ether oxygens (including phenoxy) is 1. The lowest BCUT2D eigenvalue weighted by Crippen LogP contribution is -2.29. The first-order chi connectivity index (χ1) is 6.49. The zero-order valence-electron chi connectivity index (χ0n) is 7.73. The van der Waals surface area contributed by atoms with Crippen molar-refractivity contribution < 1.29 is 17.9 Å². The summed E-state index contributed by atoms with van der Waals surface area (Å²) in [6.07, 6.45) is -2.62. The number of halogens is 3. The second-order valence-corrected chi connectivity index (χ2v) is 3.21. The third-order valence-corrected chi connectivity index (χ3v) is 1.99. The van der Waals surface area contributed by atoms with E-state index in [1.807, 2.05) is 0 Å². The maximum atomic E-state index is 11.7. The number of nitrogens with zero attached hydrogens (tertiary/aromatic N) is 1. The van der Waals surface area contributed by atoms with Gasteiger partial charge in [-0.2, -0.15) is 13.2 Å². The van der Waals surface area contributed by atoms with E-state index in [0.717, 1.165) is 19.4 Å². The van der Waals surface area contributed by atoms with Gasteiger partial charge in [-0.1, -0.05) is 0 Å². The fourth-order valence-electron chi connectivity index (χ4n) is 1.34. The maximum Gasteiger partial charge on any atom is 0.411 e. The minimum absolute atomic E-state index is 0.0297. The van der Waals surface area contributed by atoms with Crippen molar-refractivity contribution in [3.8, 4) is 0 Å². The average molecular weight is 210 g/mol. The SMILES string of the molecule is N=C1CCCN1CCOCC(F)(F)F. The lowest BCUT2D eigenvalue weighted by atomic mass is 10.4. The van der Waals surface area contributed by atoms with Gasteiger partial charge < -0.3 is 9.64 Å². The highest BCUT2D eigenvalue weighted by molar-refractivity contribution is 5.80. The number of hydrogen-bond acceptors (Lipinski definition) is 2. The van der Waals surface area contributed by atoms with Crippen LogP contribution in [0.25, 0.3) is 0 Å². The van der Waals surface area contributed by atoms with Crippen LogP contribution in [-0.2, 0) is 4.74 Å². The molecule has 0 saturated carbocycles. The molecule has 1 aliphatic rings. The lowest BCUT2D eigenvalue weighted by molar-refractivity contribution is -0.174. The molecule has 0 aromatic carbocycles. The van der Waals surface area contributed by atoms with E-state index in [4.69, 9.17) is 5.41 Å². The summed E-state index contributed by atoms with van der Waals surface area (Å²) in [4.78, 5) is 1.75. The Balaban J connectivity index is 2.07. The Morgan fingerprint density at radius 3 is 2.64 bits per heavy atom. The summed E-state index contributed by atoms with van der Waals surface area (Å²) >= 11 is 0. The van der Waals surface area contributed by atoms with Gasteiger partial charge in [0.1, 0.15) is 6.61 Å². The molecule has 0 bridgehead atoms. The summed E-state index contributed by atoms with van der Waals surface area (Å²) in [7, 11) is 0. The van der Waals surface area contributed by atoms with E-state index in [9.17, 15) is 13.2 Å². The highest BCUT2D eigenvalue weighted by Gasteiger charge is 2.27. The average Bonchev–Trinajstić information content (AvgIpc) is 2.44. The lowest BCUT2D eigenvalue weighted by Gasteiger charge is -2.17. The van der Waals surface area contributed by atoms with Crippen LogP contribution in [0, 0.1) is 5.41 Å². The molecule has 1 rings (SSSR count). The second kappa shape index (κ2) is 4.63. The van der Waals surface area contributed by atoms with Crippen LogP contribution in [0.3, 0.4) is 0 Å². The monoisotopic (exact) mass is 210 g/mol. The Morgan fingerprint density at radius 2 is 2.14 bits per heavy atom. The molecule has 6 heteroatoms. The maximum absolute atomic E-state index is 11.7. The molecule has 1 heterocycles. The van der Waals surface area contributed by atoms with Crippen molar-refractivity contribution >= 4 is 5.84 Å². The minimum atomic E-state index is -4.25. The Bertz CT molecular complexity index is 205. The van der Waals surface area contributed by atoms with Crippen LogP contribution in [0.15, 0.2) is 0 Å². The van der Waals surface area contributed by atoms with Crippen molar-refractivity contribution in [1.82, 2.24) is 4.90 Å². The number of amidine groups is 1. The number of alkyl halides is 3. The van der Waals surface area contributed by atoms with Crippen molar-refractivity contribution in [1.29, 1.82) is 5.41 Å². The van der Waals surface area contributed by atoms with Gasteiger partial charge in [0.15, 0.2) is 0 Å². The van der Waals surface area contributed by atoms with Crippen LogP contribution in [0.2, 0.25) is 0 Å². The van der Waals surface area contributed by atoms with Gasteiger partial charge in [0.05, 0.1) is 12.4 Å². The molecule has 0 atom stereocenters. The van der Waals surface area contributed by atoms with Crippen molar-refractivity contribution in [2.45, 2.75) is 19.0 Å². The van der Waals surface area contributed by atoms with E-state index in [2.05, 4.69) is 4.74 Å². The molecular formula is C8H13F3N2O. The molecule has 0 spiro atoms. The standard InChI is InChI=1S/C8H13F3N2O/c9-8(10,11)6-14-5-4-13-3-1-2-7(13)12/h12H,1-6H2. The molecule has 0 aromatic heterocycles. The van der Waals surface area contributed by atoms with Gasteiger partial charge in [-0.3, -0.25) is 5.41 Å². The van der Waals surface area contributed by atoms with Gasteiger partial charge in [0, 0.05) is 19.5 Å². The summed E-state index contributed by atoms with van der Waals surface area (Å²) in [5.74, 6) is 0.501. The van der Waals surface area contributed by atoms with Crippen molar-refractivity contribution in [2.24, 2.45) is 0 Å². The van der Waals surface area contributed by atoms with Crippen LogP contribution in [0.4, 0.5) is 13.2 Å². The normalized spacial score (nSPS) is 17.9. The Kier molecular flexibility index (Phi) is 3.74. The van der Waals surface area contributed by atoms with Gasteiger partial charge in [-0.15, -0.1) is 0 Å². The van der Waals surface area contributed by atoms with Crippen LogP contribution in [0.5, 0.6) is 0 Å². The van der Waals surface area contributed by atoms with Crippen LogP contribution in [-0.4, -0.2) is 43.2 Å². The molecule has 0 aromatic rings. The predicted molar refractivity (Wildman–Crippen MR) is 45.4 cm³/mol. The second-order valence-electron chi connectivity index (χ2n) is 3.21. The van der Waals surface area contributed by atoms with Crippen molar-refractivity contribution in [3.63, 3.8) is 0 Å². The minimum Gasteiger partial charge on any atom is -0.370 e. The van der Waals surface area contributed by atoms with E-state index >= 15 is 0 Å². The molecule has 14 heavy (non-hydrogen) atoms. The molecule has 3 nitrogen and oxygen atoms in total. The molecule has 0 aliphatic carbocycles. The topological polar surface area (TPSA) is 36.3 Å². The first-order valence-electron chi connectivity index (χ1n) is 4.46. The van der Waals surface area contributed by atoms with Crippen LogP contribution < -0.4 is 0 Å². The van der Waals surface area contributed by atoms with Gasteiger partial charge in [0.25, 0.3) is 0 Å². The molecular weight excluding hydrogens is 197 g/mol. The number of hydrogen-bond donors (Lipinski definition) is 1. The highest BCUT2D eigenvalue weighted by Crippen LogP contribution is 2.14. The summed E-state index contributed by atoms with van der Waals surface area (Å²) < 4.78 is 39.4. The zero-order valence-corrected chi connectivity index (χ0v) is 7.73. The van der Waals surface area contributed by atoms with Gasteiger partial charge in [0.2, 0.25) is 0 Å². The molecule has 1 saturated heterocycles. The summed E-state index contributed by atoms with van der Waals surface area (Å²) in [6.45, 7) is -0.0286. The smallest absolute Gasteiger partial charge is 0.370 e. The fraction of sp³-hybridized carbons (Fsp3) is 0.875. The molecule has 0 radical (unpaired) electrons. The van der Waals surface area contributed by atoms with Gasteiger partial charge in [-0.25, -0.2) is 0 Å². The molecule has 1 N–H and O–H groups in total. The predicted octanol–water partition coefficient (Wildman–Crippen LogP) is 1.64. The Morgan fingerprint density at radius 1 is 1.43 bits per heavy atom. The van der Waals surface area contributed by atoms with E-state index < -0.39 is 12.8 Å². The van der Waals surface area contributed by atoms with E-state index in [1.54, 1.807) is 4.90 Å². The first kappa shape index (κ1) is 11.3. The largest absolute Gasteiger partial charge is 0.411 e. The third kappa shape index (κ3) is 3.95. The molecule has 0 amide bonds. The summed E-state index contributed by atoms with van der Waals surface area (Å²) in [5.41, 5.74) is 0. The Hall–Kier alpha value is -0.780. The Labute approximate surface area is 80.3 Å². The first-order valence-corrected chi connectivity index (χ1v) is 4.46. The highest BCUT2D eigenvalue weighted by atomic mass is 19.4. The van der Waals surface area contributed by atoms with Gasteiger partial charge in [-0.05, 0) is 6.42 Å². The van der Waals surface area contributed by atoms with Crippen LogP contribution in [0.1, 0.15) is 12.8 Å². The van der Waals surface area contributed by atoms with Gasteiger partial charge >= 0.3 is 6.18 Å². The molecule has 1 aliphatic heterocycles. The quantitative estimate of drug-likeness (QED) is 0.716. The number of rotatable bonds is 4. The molecule has 82 valence electrons. The zero-order chi connectivity index (χ0) is 10.6. The van der Waals surface area contributed by atoms with Crippen molar-refractivity contribution in [3.05, 3.63) is 0 Å². The van der Waals surface area contributed by atoms with Crippen LogP contribution >= 0.6 is 0 Å². The summed E-state index contributed by atoms with van der Waals surface area (Å²) in [6, 6.07) is 0. The number of likely N-dealkylation sites (tertiary alicyclic amines) is 1.